The summed E-state index contributed by atoms with van der Waals surface area (Å²) in [6, 6.07) is 4.70. The van der Waals surface area contributed by atoms with Crippen LogP contribution in [0.2, 0.25) is 0 Å². The Bertz CT molecular complexity index is 501. The smallest absolute Gasteiger partial charge is 0.149 e. The van der Waals surface area contributed by atoms with Crippen LogP contribution in [0.1, 0.15) is 0 Å². The molecule has 0 aliphatic rings. The molecule has 0 bridgehead atoms. The number of rotatable bonds is 2. The Morgan fingerprint density at radius 2 is 2.06 bits per heavy atom. The normalized spacial score (nSPS) is 10.1. The van der Waals surface area contributed by atoms with Gasteiger partial charge in [0.15, 0.2) is 0 Å². The number of nitrogens with zero attached hydrogens (tertiary/aromatic N) is 2. The van der Waals surface area contributed by atoms with Crippen LogP contribution in [0, 0.1) is 5.82 Å². The highest BCUT2D eigenvalue weighted by Crippen LogP contribution is 2.21. The monoisotopic (exact) mass is 282 g/mol. The molecule has 16 heavy (non-hydrogen) atoms. The first-order valence-electron chi connectivity index (χ1n) is 4.45. The zero-order valence-corrected chi connectivity index (χ0v) is 9.70. The van der Waals surface area contributed by atoms with E-state index in [2.05, 4.69) is 31.2 Å². The van der Waals surface area contributed by atoms with E-state index in [4.69, 9.17) is 5.73 Å². The number of nitrogens with two attached hydrogens (primary N) is 1. The molecule has 0 radical (unpaired) electrons. The summed E-state index contributed by atoms with van der Waals surface area (Å²) in [7, 11) is 0. The Kier molecular flexibility index (Phi) is 3.00. The molecule has 82 valence electrons. The van der Waals surface area contributed by atoms with Crippen molar-refractivity contribution in [3.05, 3.63) is 40.9 Å². The van der Waals surface area contributed by atoms with Crippen LogP contribution in [-0.4, -0.2) is 9.97 Å². The van der Waals surface area contributed by atoms with Crippen molar-refractivity contribution in [3.8, 4) is 0 Å². The minimum atomic E-state index is -0.339. The van der Waals surface area contributed by atoms with Crippen LogP contribution < -0.4 is 11.1 Å². The summed E-state index contributed by atoms with van der Waals surface area (Å²) in [6.45, 7) is 0. The van der Waals surface area contributed by atoms with Gasteiger partial charge in [0.25, 0.3) is 0 Å². The number of aromatic nitrogens is 2. The Balaban J connectivity index is 2.20. The number of halogens is 2. The van der Waals surface area contributed by atoms with Crippen LogP contribution >= 0.6 is 15.9 Å². The standard InChI is InChI=1S/C10H8BrFN4/c11-7-2-1-6(3-8(7)12)16-10-5-14-9(13)4-15-10/h1-5H,(H2,13,14)(H,15,16). The van der Waals surface area contributed by atoms with Crippen molar-refractivity contribution >= 4 is 33.3 Å². The molecule has 1 heterocycles. The molecular formula is C10H8BrFN4. The Hall–Kier alpha value is -1.69. The van der Waals surface area contributed by atoms with Crippen LogP contribution in [0.15, 0.2) is 35.1 Å². The molecule has 0 unspecified atom stereocenters. The van der Waals surface area contributed by atoms with Crippen molar-refractivity contribution in [2.24, 2.45) is 0 Å². The van der Waals surface area contributed by atoms with Gasteiger partial charge in [-0.1, -0.05) is 0 Å². The van der Waals surface area contributed by atoms with Crippen LogP contribution in [0.5, 0.6) is 0 Å². The molecular weight excluding hydrogens is 275 g/mol. The quantitative estimate of drug-likeness (QED) is 0.889. The van der Waals surface area contributed by atoms with E-state index in [9.17, 15) is 4.39 Å². The van der Waals surface area contributed by atoms with Crippen molar-refractivity contribution in [2.45, 2.75) is 0 Å². The van der Waals surface area contributed by atoms with E-state index in [-0.39, 0.29) is 5.82 Å². The second-order valence-corrected chi connectivity index (χ2v) is 3.93. The molecule has 0 fully saturated rings. The molecule has 6 heteroatoms. The molecule has 0 spiro atoms. The van der Waals surface area contributed by atoms with Crippen molar-refractivity contribution in [1.82, 2.24) is 9.97 Å². The predicted molar refractivity (Wildman–Crippen MR) is 63.8 cm³/mol. The lowest BCUT2D eigenvalue weighted by Crippen LogP contribution is -1.97. The van der Waals surface area contributed by atoms with E-state index < -0.39 is 0 Å². The van der Waals surface area contributed by atoms with Crippen molar-refractivity contribution in [3.63, 3.8) is 0 Å². The molecule has 0 aliphatic carbocycles. The number of hydrogen-bond donors (Lipinski definition) is 2. The molecule has 0 amide bonds. The fourth-order valence-corrected chi connectivity index (χ4v) is 1.37. The van der Waals surface area contributed by atoms with E-state index in [0.717, 1.165) is 0 Å². The van der Waals surface area contributed by atoms with Gasteiger partial charge in [-0.2, -0.15) is 0 Å². The van der Waals surface area contributed by atoms with Crippen molar-refractivity contribution in [1.29, 1.82) is 0 Å². The second-order valence-electron chi connectivity index (χ2n) is 3.08. The molecule has 1 aromatic carbocycles. The predicted octanol–water partition coefficient (Wildman–Crippen LogP) is 2.70. The van der Waals surface area contributed by atoms with E-state index in [1.807, 2.05) is 0 Å². The van der Waals surface area contributed by atoms with E-state index in [0.29, 0.717) is 21.8 Å². The van der Waals surface area contributed by atoms with E-state index in [1.165, 1.54) is 18.5 Å². The van der Waals surface area contributed by atoms with E-state index in [1.54, 1.807) is 12.1 Å². The van der Waals surface area contributed by atoms with Crippen molar-refractivity contribution in [2.75, 3.05) is 11.1 Å². The topological polar surface area (TPSA) is 63.8 Å². The molecule has 3 N–H and O–H groups in total. The Morgan fingerprint density at radius 3 is 2.69 bits per heavy atom. The molecule has 0 saturated carbocycles. The number of nitrogens with one attached hydrogen (secondary N) is 1. The number of hydrogen-bond acceptors (Lipinski definition) is 4. The van der Waals surface area contributed by atoms with Gasteiger partial charge in [-0.05, 0) is 34.1 Å². The third-order valence-corrected chi connectivity index (χ3v) is 2.51. The first-order chi connectivity index (χ1) is 7.65. The molecule has 4 nitrogen and oxygen atoms in total. The van der Waals surface area contributed by atoms with Gasteiger partial charge in [-0.25, -0.2) is 14.4 Å². The van der Waals surface area contributed by atoms with Gasteiger partial charge in [0.1, 0.15) is 17.5 Å². The minimum Gasteiger partial charge on any atom is -0.382 e. The molecule has 0 saturated heterocycles. The highest BCUT2D eigenvalue weighted by molar-refractivity contribution is 9.10. The van der Waals surface area contributed by atoms with Gasteiger partial charge in [0, 0.05) is 5.69 Å². The average Bonchev–Trinajstić information content (AvgIpc) is 2.27. The zero-order chi connectivity index (χ0) is 11.5. The largest absolute Gasteiger partial charge is 0.382 e. The first-order valence-corrected chi connectivity index (χ1v) is 5.24. The summed E-state index contributed by atoms with van der Waals surface area (Å²) in [4.78, 5) is 7.86. The van der Waals surface area contributed by atoms with Gasteiger partial charge < -0.3 is 11.1 Å². The first kappa shape index (κ1) is 10.8. The maximum atomic E-state index is 13.2. The summed E-state index contributed by atoms with van der Waals surface area (Å²) in [5.74, 6) is 0.511. The third kappa shape index (κ3) is 2.46. The van der Waals surface area contributed by atoms with Gasteiger partial charge in [-0.15, -0.1) is 0 Å². The lowest BCUT2D eigenvalue weighted by Gasteiger charge is -2.05. The lowest BCUT2D eigenvalue weighted by atomic mass is 10.3. The summed E-state index contributed by atoms with van der Waals surface area (Å²) in [6.07, 6.45) is 2.91. The lowest BCUT2D eigenvalue weighted by molar-refractivity contribution is 0.622. The minimum absolute atomic E-state index is 0.339. The number of nitrogen functional groups attached to an aromatic ring is 1. The maximum Gasteiger partial charge on any atom is 0.149 e. The molecule has 2 aromatic rings. The number of anilines is 3. The fourth-order valence-electron chi connectivity index (χ4n) is 1.12. The molecule has 1 aromatic heterocycles. The molecule has 0 aliphatic heterocycles. The maximum absolute atomic E-state index is 13.2. The zero-order valence-electron chi connectivity index (χ0n) is 8.11. The van der Waals surface area contributed by atoms with Crippen molar-refractivity contribution < 1.29 is 4.39 Å². The van der Waals surface area contributed by atoms with Crippen LogP contribution in [-0.2, 0) is 0 Å². The van der Waals surface area contributed by atoms with Gasteiger partial charge in [0.05, 0.1) is 16.9 Å². The summed E-state index contributed by atoms with van der Waals surface area (Å²) < 4.78 is 13.6. The molecule has 0 atom stereocenters. The SMILES string of the molecule is Nc1cnc(Nc2ccc(Br)c(F)c2)cn1. The van der Waals surface area contributed by atoms with Gasteiger partial charge in [-0.3, -0.25) is 0 Å². The Labute approximate surface area is 99.9 Å². The number of benzene rings is 1. The summed E-state index contributed by atoms with van der Waals surface area (Å²) in [5.41, 5.74) is 5.99. The highest BCUT2D eigenvalue weighted by Gasteiger charge is 2.01. The van der Waals surface area contributed by atoms with E-state index >= 15 is 0 Å². The summed E-state index contributed by atoms with van der Waals surface area (Å²) >= 11 is 3.08. The van der Waals surface area contributed by atoms with Crippen LogP contribution in [0.3, 0.4) is 0 Å². The third-order valence-electron chi connectivity index (χ3n) is 1.86. The fraction of sp³-hybridized carbons (Fsp3) is 0. The second kappa shape index (κ2) is 4.44. The van der Waals surface area contributed by atoms with Gasteiger partial charge in [0.2, 0.25) is 0 Å². The average molecular weight is 283 g/mol. The van der Waals surface area contributed by atoms with Crippen LogP contribution in [0.4, 0.5) is 21.7 Å². The summed E-state index contributed by atoms with van der Waals surface area (Å²) in [5, 5.41) is 2.91. The highest BCUT2D eigenvalue weighted by atomic mass is 79.9. The molecule has 2 rings (SSSR count). The van der Waals surface area contributed by atoms with Crippen LogP contribution in [0.25, 0.3) is 0 Å². The van der Waals surface area contributed by atoms with Gasteiger partial charge >= 0.3 is 0 Å². The Morgan fingerprint density at radius 1 is 1.25 bits per heavy atom.